The van der Waals surface area contributed by atoms with Gasteiger partial charge in [-0.2, -0.15) is 0 Å². The van der Waals surface area contributed by atoms with E-state index in [0.717, 1.165) is 29.8 Å². The van der Waals surface area contributed by atoms with Gasteiger partial charge in [-0.1, -0.05) is 55.5 Å². The third kappa shape index (κ3) is 5.00. The average molecular weight is 377 g/mol. The van der Waals surface area contributed by atoms with E-state index in [0.29, 0.717) is 32.0 Å². The van der Waals surface area contributed by atoms with E-state index in [1.165, 1.54) is 25.7 Å². The number of hydrogen-bond acceptors (Lipinski definition) is 2. The van der Waals surface area contributed by atoms with Gasteiger partial charge in [0.05, 0.1) is 5.92 Å². The first-order chi connectivity index (χ1) is 12.6. The molecule has 1 saturated carbocycles. The van der Waals surface area contributed by atoms with E-state index >= 15 is 0 Å². The maximum absolute atomic E-state index is 12.6. The molecule has 5 heteroatoms. The van der Waals surface area contributed by atoms with Crippen LogP contribution in [-0.4, -0.2) is 35.8 Å². The summed E-state index contributed by atoms with van der Waals surface area (Å²) in [4.78, 5) is 27.0. The van der Waals surface area contributed by atoms with Gasteiger partial charge in [-0.15, -0.1) is 0 Å². The average Bonchev–Trinajstić information content (AvgIpc) is 2.93. The Morgan fingerprint density at radius 1 is 1.12 bits per heavy atom. The van der Waals surface area contributed by atoms with Crippen molar-refractivity contribution in [3.63, 3.8) is 0 Å². The van der Waals surface area contributed by atoms with Crippen LogP contribution in [0.3, 0.4) is 0 Å². The van der Waals surface area contributed by atoms with Gasteiger partial charge in [0.2, 0.25) is 11.8 Å². The summed E-state index contributed by atoms with van der Waals surface area (Å²) in [7, 11) is 0. The Balaban J connectivity index is 1.50. The molecule has 142 valence electrons. The molecule has 0 aromatic heterocycles. The number of hydrogen-bond donors (Lipinski definition) is 1. The maximum Gasteiger partial charge on any atom is 0.224 e. The van der Waals surface area contributed by atoms with Crippen molar-refractivity contribution in [3.05, 3.63) is 34.9 Å². The van der Waals surface area contributed by atoms with Gasteiger partial charge >= 0.3 is 0 Å². The summed E-state index contributed by atoms with van der Waals surface area (Å²) in [5, 5.41) is 3.78. The molecule has 2 amide bonds. The highest BCUT2D eigenvalue weighted by Crippen LogP contribution is 2.27. The van der Waals surface area contributed by atoms with E-state index in [1.807, 2.05) is 29.2 Å². The highest BCUT2D eigenvalue weighted by molar-refractivity contribution is 6.31. The number of halogens is 1. The number of carbonyl (C=O) groups excluding carboxylic acids is 2. The Hall–Kier alpha value is -1.55. The summed E-state index contributed by atoms with van der Waals surface area (Å²) in [5.41, 5.74) is 1.05. The molecule has 0 bridgehead atoms. The van der Waals surface area contributed by atoms with Crippen LogP contribution >= 0.6 is 11.6 Å². The van der Waals surface area contributed by atoms with Gasteiger partial charge in [-0.3, -0.25) is 9.59 Å². The highest BCUT2D eigenvalue weighted by Gasteiger charge is 2.34. The molecule has 1 aromatic rings. The Kier molecular flexibility index (Phi) is 6.95. The summed E-state index contributed by atoms with van der Waals surface area (Å²) in [6.07, 6.45) is 9.00. The van der Waals surface area contributed by atoms with Crippen molar-refractivity contribution in [2.75, 3.05) is 13.1 Å². The van der Waals surface area contributed by atoms with Crippen LogP contribution in [0.1, 0.15) is 56.9 Å². The van der Waals surface area contributed by atoms with Crippen LogP contribution in [-0.2, 0) is 16.0 Å². The second-order valence-electron chi connectivity index (χ2n) is 7.56. The Labute approximate surface area is 161 Å². The monoisotopic (exact) mass is 376 g/mol. The van der Waals surface area contributed by atoms with Gasteiger partial charge in [-0.05, 0) is 37.3 Å². The fourth-order valence-corrected chi connectivity index (χ4v) is 4.40. The number of rotatable bonds is 5. The molecule has 1 saturated heterocycles. The van der Waals surface area contributed by atoms with Crippen molar-refractivity contribution in [3.8, 4) is 0 Å². The lowest BCUT2D eigenvalue weighted by molar-refractivity contribution is -0.141. The van der Waals surface area contributed by atoms with E-state index in [4.69, 9.17) is 11.6 Å². The molecule has 4 nitrogen and oxygen atoms in total. The quantitative estimate of drug-likeness (QED) is 0.791. The minimum absolute atomic E-state index is 0.0724. The van der Waals surface area contributed by atoms with Gasteiger partial charge in [0.15, 0.2) is 0 Å². The van der Waals surface area contributed by atoms with Crippen LogP contribution < -0.4 is 5.32 Å². The first-order valence-corrected chi connectivity index (χ1v) is 10.3. The molecular formula is C21H29ClN2O2. The summed E-state index contributed by atoms with van der Waals surface area (Å²) in [6, 6.07) is 8.06. The molecule has 1 aromatic carbocycles. The highest BCUT2D eigenvalue weighted by atomic mass is 35.5. The van der Waals surface area contributed by atoms with Crippen molar-refractivity contribution < 1.29 is 9.59 Å². The number of nitrogens with one attached hydrogen (secondary N) is 1. The fourth-order valence-electron chi connectivity index (χ4n) is 4.17. The molecule has 1 aliphatic heterocycles. The molecular weight excluding hydrogens is 348 g/mol. The zero-order valence-electron chi connectivity index (χ0n) is 15.4. The third-order valence-electron chi connectivity index (χ3n) is 5.73. The van der Waals surface area contributed by atoms with Crippen molar-refractivity contribution in [2.24, 2.45) is 5.92 Å². The molecule has 0 spiro atoms. The maximum atomic E-state index is 12.6. The van der Waals surface area contributed by atoms with Crippen LogP contribution in [0.25, 0.3) is 0 Å². The van der Waals surface area contributed by atoms with Crippen LogP contribution in [0.4, 0.5) is 0 Å². The smallest absolute Gasteiger partial charge is 0.224 e. The summed E-state index contributed by atoms with van der Waals surface area (Å²) in [5.74, 6) is 0.224. The molecule has 26 heavy (non-hydrogen) atoms. The zero-order chi connectivity index (χ0) is 18.4. The van der Waals surface area contributed by atoms with Crippen molar-refractivity contribution in [1.82, 2.24) is 10.2 Å². The fraction of sp³-hybridized carbons (Fsp3) is 0.619. The van der Waals surface area contributed by atoms with Gasteiger partial charge in [0.25, 0.3) is 0 Å². The number of amides is 2. The van der Waals surface area contributed by atoms with E-state index in [9.17, 15) is 9.59 Å². The molecule has 0 unspecified atom stereocenters. The van der Waals surface area contributed by atoms with Gasteiger partial charge < -0.3 is 10.2 Å². The van der Waals surface area contributed by atoms with E-state index in [2.05, 4.69) is 5.32 Å². The number of nitrogens with zero attached hydrogens (tertiary/aromatic N) is 1. The zero-order valence-corrected chi connectivity index (χ0v) is 16.1. The summed E-state index contributed by atoms with van der Waals surface area (Å²) in [6.45, 7) is 1.16. The SMILES string of the molecule is O=C(NCCc1ccccc1Cl)[C@H]1CCC(=O)N(C2CCCCCC2)C1. The standard InChI is InChI=1S/C21H29ClN2O2/c22-19-10-6-5-7-16(19)13-14-23-21(26)17-11-12-20(25)24(15-17)18-8-3-1-2-4-9-18/h5-7,10,17-18H,1-4,8-9,11-15H2,(H,23,26)/t17-/m0/s1. The first kappa shape index (κ1) is 19.2. The molecule has 2 fully saturated rings. The lowest BCUT2D eigenvalue weighted by Gasteiger charge is -2.37. The minimum Gasteiger partial charge on any atom is -0.355 e. The molecule has 1 heterocycles. The van der Waals surface area contributed by atoms with E-state index in [1.54, 1.807) is 0 Å². The second-order valence-corrected chi connectivity index (χ2v) is 7.97. The topological polar surface area (TPSA) is 49.4 Å². The lowest BCUT2D eigenvalue weighted by Crippen LogP contribution is -2.50. The summed E-state index contributed by atoms with van der Waals surface area (Å²) >= 11 is 6.17. The Morgan fingerprint density at radius 2 is 1.85 bits per heavy atom. The molecule has 1 N–H and O–H groups in total. The minimum atomic E-state index is -0.0813. The Morgan fingerprint density at radius 3 is 2.58 bits per heavy atom. The lowest BCUT2D eigenvalue weighted by atomic mass is 9.93. The van der Waals surface area contributed by atoms with E-state index in [-0.39, 0.29) is 17.7 Å². The second kappa shape index (κ2) is 9.40. The summed E-state index contributed by atoms with van der Waals surface area (Å²) < 4.78 is 0. The normalized spacial score (nSPS) is 22.1. The third-order valence-corrected chi connectivity index (χ3v) is 6.10. The van der Waals surface area contributed by atoms with Crippen molar-refractivity contribution in [1.29, 1.82) is 0 Å². The molecule has 0 radical (unpaired) electrons. The van der Waals surface area contributed by atoms with Crippen LogP contribution in [0.15, 0.2) is 24.3 Å². The number of likely N-dealkylation sites (tertiary alicyclic amines) is 1. The van der Waals surface area contributed by atoms with Crippen LogP contribution in [0, 0.1) is 5.92 Å². The van der Waals surface area contributed by atoms with E-state index < -0.39 is 0 Å². The number of benzene rings is 1. The number of carbonyl (C=O) groups is 2. The first-order valence-electron chi connectivity index (χ1n) is 9.95. The van der Waals surface area contributed by atoms with Gasteiger partial charge in [-0.25, -0.2) is 0 Å². The molecule has 1 atom stereocenters. The molecule has 1 aliphatic carbocycles. The Bertz CT molecular complexity index is 626. The molecule has 3 rings (SSSR count). The molecule has 2 aliphatic rings. The van der Waals surface area contributed by atoms with Crippen LogP contribution in [0.2, 0.25) is 5.02 Å². The van der Waals surface area contributed by atoms with Gasteiger partial charge in [0.1, 0.15) is 0 Å². The number of piperidine rings is 1. The van der Waals surface area contributed by atoms with Crippen molar-refractivity contribution >= 4 is 23.4 Å². The van der Waals surface area contributed by atoms with Crippen molar-refractivity contribution in [2.45, 2.75) is 63.8 Å². The van der Waals surface area contributed by atoms with Gasteiger partial charge in [0, 0.05) is 30.6 Å². The predicted octanol–water partition coefficient (Wildman–Crippen LogP) is 3.96. The largest absolute Gasteiger partial charge is 0.355 e. The van der Waals surface area contributed by atoms with Crippen LogP contribution in [0.5, 0.6) is 0 Å². The predicted molar refractivity (Wildman–Crippen MR) is 104 cm³/mol.